The summed E-state index contributed by atoms with van der Waals surface area (Å²) in [5.74, 6) is -0.467. The van der Waals surface area contributed by atoms with E-state index in [1.165, 1.54) is 18.2 Å². The van der Waals surface area contributed by atoms with Gasteiger partial charge >= 0.3 is 0 Å². The topological polar surface area (TPSA) is 29.1 Å². The molecule has 2 nitrogen and oxygen atoms in total. The molecule has 21 heavy (non-hydrogen) atoms. The third-order valence-electron chi connectivity index (χ3n) is 3.34. The van der Waals surface area contributed by atoms with Crippen LogP contribution in [0.15, 0.2) is 40.9 Å². The van der Waals surface area contributed by atoms with Crippen LogP contribution in [0.25, 0.3) is 0 Å². The Morgan fingerprint density at radius 2 is 1.95 bits per heavy atom. The Balaban J connectivity index is 2.38. The number of amides is 1. The SMILES string of the molecule is Cc1cccc(C(C)C)c1NC(=O)c1cc(F)ccc1Br. The monoisotopic (exact) mass is 349 g/mol. The van der Waals surface area contributed by atoms with Crippen LogP contribution in [-0.4, -0.2) is 5.91 Å². The molecular formula is C17H17BrFNO. The molecular weight excluding hydrogens is 333 g/mol. The standard InChI is InChI=1S/C17H17BrFNO/c1-10(2)13-6-4-5-11(3)16(13)20-17(21)14-9-12(19)7-8-15(14)18/h4-10H,1-3H3,(H,20,21). The lowest BCUT2D eigenvalue weighted by molar-refractivity contribution is 0.102. The largest absolute Gasteiger partial charge is 0.321 e. The highest BCUT2D eigenvalue weighted by Crippen LogP contribution is 2.28. The quantitative estimate of drug-likeness (QED) is 0.803. The third-order valence-corrected chi connectivity index (χ3v) is 4.03. The summed E-state index contributed by atoms with van der Waals surface area (Å²) in [5, 5.41) is 2.91. The Morgan fingerprint density at radius 1 is 1.24 bits per heavy atom. The van der Waals surface area contributed by atoms with Crippen LogP contribution in [0.5, 0.6) is 0 Å². The first-order valence-electron chi connectivity index (χ1n) is 6.76. The fraction of sp³-hybridized carbons (Fsp3) is 0.235. The molecule has 0 saturated heterocycles. The first-order valence-corrected chi connectivity index (χ1v) is 7.55. The van der Waals surface area contributed by atoms with Gasteiger partial charge in [0.05, 0.1) is 5.56 Å². The molecule has 0 fully saturated rings. The van der Waals surface area contributed by atoms with Gasteiger partial charge in [-0.25, -0.2) is 4.39 Å². The van der Waals surface area contributed by atoms with E-state index in [9.17, 15) is 9.18 Å². The normalized spacial score (nSPS) is 10.8. The van der Waals surface area contributed by atoms with Crippen LogP contribution in [0.2, 0.25) is 0 Å². The van der Waals surface area contributed by atoms with Crippen molar-refractivity contribution in [1.29, 1.82) is 0 Å². The lowest BCUT2D eigenvalue weighted by Gasteiger charge is -2.16. The summed E-state index contributed by atoms with van der Waals surface area (Å²) in [4.78, 5) is 12.4. The predicted octanol–water partition coefficient (Wildman–Crippen LogP) is 5.27. The van der Waals surface area contributed by atoms with Gasteiger partial charge in [0, 0.05) is 10.2 Å². The second kappa shape index (κ2) is 6.39. The average molecular weight is 350 g/mol. The summed E-state index contributed by atoms with van der Waals surface area (Å²) in [6.07, 6.45) is 0. The molecule has 0 radical (unpaired) electrons. The zero-order chi connectivity index (χ0) is 15.6. The molecule has 0 bridgehead atoms. The van der Waals surface area contributed by atoms with Crippen molar-refractivity contribution in [2.24, 2.45) is 0 Å². The number of halogens is 2. The van der Waals surface area contributed by atoms with E-state index < -0.39 is 5.82 Å². The summed E-state index contributed by atoms with van der Waals surface area (Å²) in [5.41, 5.74) is 3.14. The molecule has 1 N–H and O–H groups in total. The van der Waals surface area contributed by atoms with Crippen LogP contribution in [0.3, 0.4) is 0 Å². The van der Waals surface area contributed by atoms with Crippen molar-refractivity contribution >= 4 is 27.5 Å². The number of aryl methyl sites for hydroxylation is 1. The molecule has 2 aromatic rings. The molecule has 0 atom stereocenters. The van der Waals surface area contributed by atoms with E-state index in [1.807, 2.05) is 25.1 Å². The van der Waals surface area contributed by atoms with E-state index in [1.54, 1.807) is 0 Å². The van der Waals surface area contributed by atoms with Gasteiger partial charge in [-0.15, -0.1) is 0 Å². The number of benzene rings is 2. The molecule has 0 aromatic heterocycles. The summed E-state index contributed by atoms with van der Waals surface area (Å²) in [6.45, 7) is 6.09. The van der Waals surface area contributed by atoms with Gasteiger partial charge in [0.25, 0.3) is 5.91 Å². The van der Waals surface area contributed by atoms with E-state index >= 15 is 0 Å². The average Bonchev–Trinajstić information content (AvgIpc) is 2.43. The Labute approximate surface area is 132 Å². The minimum Gasteiger partial charge on any atom is -0.321 e. The van der Waals surface area contributed by atoms with Crippen molar-refractivity contribution in [2.45, 2.75) is 26.7 Å². The number of para-hydroxylation sites is 1. The molecule has 0 saturated carbocycles. The highest BCUT2D eigenvalue weighted by molar-refractivity contribution is 9.10. The van der Waals surface area contributed by atoms with Crippen molar-refractivity contribution in [3.05, 3.63) is 63.4 Å². The Morgan fingerprint density at radius 3 is 2.62 bits per heavy atom. The third kappa shape index (κ3) is 3.50. The number of anilines is 1. The highest BCUT2D eigenvalue weighted by Gasteiger charge is 2.15. The van der Waals surface area contributed by atoms with E-state index in [-0.39, 0.29) is 17.4 Å². The number of hydrogen-bond acceptors (Lipinski definition) is 1. The van der Waals surface area contributed by atoms with Gasteiger partial charge in [-0.3, -0.25) is 4.79 Å². The molecule has 110 valence electrons. The van der Waals surface area contributed by atoms with E-state index in [4.69, 9.17) is 0 Å². The smallest absolute Gasteiger partial charge is 0.256 e. The van der Waals surface area contributed by atoms with Gasteiger partial charge in [-0.1, -0.05) is 32.0 Å². The van der Waals surface area contributed by atoms with Crippen LogP contribution >= 0.6 is 15.9 Å². The van der Waals surface area contributed by atoms with Crippen LogP contribution in [0.1, 0.15) is 41.3 Å². The van der Waals surface area contributed by atoms with Gasteiger partial charge in [0.1, 0.15) is 5.82 Å². The second-order valence-corrected chi connectivity index (χ2v) is 6.13. The molecule has 0 unspecified atom stereocenters. The van der Waals surface area contributed by atoms with E-state index in [0.29, 0.717) is 4.47 Å². The summed E-state index contributed by atoms with van der Waals surface area (Å²) < 4.78 is 13.9. The van der Waals surface area contributed by atoms with Gasteiger partial charge in [-0.05, 0) is 58.1 Å². The van der Waals surface area contributed by atoms with Gasteiger partial charge in [-0.2, -0.15) is 0 Å². The van der Waals surface area contributed by atoms with E-state index in [0.717, 1.165) is 16.8 Å². The zero-order valence-corrected chi connectivity index (χ0v) is 13.8. The Bertz CT molecular complexity index is 682. The highest BCUT2D eigenvalue weighted by atomic mass is 79.9. The van der Waals surface area contributed by atoms with Gasteiger partial charge in [0.2, 0.25) is 0 Å². The van der Waals surface area contributed by atoms with Crippen LogP contribution in [-0.2, 0) is 0 Å². The summed E-state index contributed by atoms with van der Waals surface area (Å²) >= 11 is 3.28. The number of nitrogens with one attached hydrogen (secondary N) is 1. The maximum Gasteiger partial charge on any atom is 0.256 e. The van der Waals surface area contributed by atoms with Crippen molar-refractivity contribution < 1.29 is 9.18 Å². The van der Waals surface area contributed by atoms with Crippen molar-refractivity contribution in [3.8, 4) is 0 Å². The van der Waals surface area contributed by atoms with Crippen LogP contribution in [0.4, 0.5) is 10.1 Å². The second-order valence-electron chi connectivity index (χ2n) is 5.27. The molecule has 0 aliphatic heterocycles. The van der Waals surface area contributed by atoms with Crippen LogP contribution < -0.4 is 5.32 Å². The van der Waals surface area contributed by atoms with Crippen molar-refractivity contribution in [3.63, 3.8) is 0 Å². The van der Waals surface area contributed by atoms with Crippen molar-refractivity contribution in [1.82, 2.24) is 0 Å². The fourth-order valence-corrected chi connectivity index (χ4v) is 2.62. The Kier molecular flexibility index (Phi) is 4.78. The predicted molar refractivity (Wildman–Crippen MR) is 87.3 cm³/mol. The summed E-state index contributed by atoms with van der Waals surface area (Å²) in [7, 11) is 0. The molecule has 2 rings (SSSR count). The Hall–Kier alpha value is -1.68. The molecule has 1 amide bonds. The van der Waals surface area contributed by atoms with E-state index in [2.05, 4.69) is 35.1 Å². The maximum absolute atomic E-state index is 13.3. The fourth-order valence-electron chi connectivity index (χ4n) is 2.19. The number of carbonyl (C=O) groups is 1. The van der Waals surface area contributed by atoms with Crippen molar-refractivity contribution in [2.75, 3.05) is 5.32 Å². The number of rotatable bonds is 3. The minimum absolute atomic E-state index is 0.285. The van der Waals surface area contributed by atoms with Crippen LogP contribution in [0, 0.1) is 12.7 Å². The minimum atomic E-state index is -0.433. The lowest BCUT2D eigenvalue weighted by Crippen LogP contribution is -2.15. The molecule has 4 heteroatoms. The number of hydrogen-bond donors (Lipinski definition) is 1. The summed E-state index contributed by atoms with van der Waals surface area (Å²) in [6, 6.07) is 9.99. The molecule has 0 aliphatic carbocycles. The van der Waals surface area contributed by atoms with Gasteiger partial charge < -0.3 is 5.32 Å². The zero-order valence-electron chi connectivity index (χ0n) is 12.2. The maximum atomic E-state index is 13.3. The van der Waals surface area contributed by atoms with Gasteiger partial charge in [0.15, 0.2) is 0 Å². The lowest BCUT2D eigenvalue weighted by atomic mass is 9.98. The molecule has 0 aliphatic rings. The first kappa shape index (κ1) is 15.7. The molecule has 2 aromatic carbocycles. The molecule has 0 spiro atoms. The first-order chi connectivity index (χ1) is 9.90. The molecule has 0 heterocycles. The number of carbonyl (C=O) groups excluding carboxylic acids is 1.